The number of nitrogens with two attached hydrogens (primary N) is 1. The van der Waals surface area contributed by atoms with E-state index in [4.69, 9.17) is 5.73 Å². The molecule has 152 valence electrons. The molecule has 0 radical (unpaired) electrons. The van der Waals surface area contributed by atoms with Gasteiger partial charge in [0.1, 0.15) is 17.4 Å². The van der Waals surface area contributed by atoms with Gasteiger partial charge in [0.2, 0.25) is 0 Å². The molecule has 0 saturated heterocycles. The molecular weight excluding hydrogens is 392 g/mol. The summed E-state index contributed by atoms with van der Waals surface area (Å²) >= 11 is 0. The largest absolute Gasteiger partial charge is 0.573 e. The number of pyridine rings is 1. The molecule has 0 atom stereocenters. The molecule has 0 spiro atoms. The summed E-state index contributed by atoms with van der Waals surface area (Å²) < 4.78 is 54.2. The number of nitrogens with one attached hydrogen (secondary N) is 1. The van der Waals surface area contributed by atoms with Crippen molar-refractivity contribution in [3.05, 3.63) is 66.4 Å². The lowest BCUT2D eigenvalue weighted by molar-refractivity contribution is -0.274. The topological polar surface area (TPSA) is 89.6 Å². The minimum absolute atomic E-state index is 0.110. The fourth-order valence-electron chi connectivity index (χ4n) is 2.72. The second-order valence-corrected chi connectivity index (χ2v) is 6.37. The first kappa shape index (κ1) is 20.3. The summed E-state index contributed by atoms with van der Waals surface area (Å²) in [5.41, 5.74) is 5.47. The maximum atomic E-state index is 13.1. The number of anilines is 1. The maximum absolute atomic E-state index is 13.1. The Kier molecular flexibility index (Phi) is 5.53. The normalized spacial score (nSPS) is 15.9. The second-order valence-electron chi connectivity index (χ2n) is 6.37. The highest BCUT2D eigenvalue weighted by Crippen LogP contribution is 2.50. The zero-order valence-corrected chi connectivity index (χ0v) is 14.9. The highest BCUT2D eigenvalue weighted by Gasteiger charge is 2.51. The van der Waals surface area contributed by atoms with Gasteiger partial charge in [0, 0.05) is 12.3 Å². The maximum Gasteiger partial charge on any atom is 0.573 e. The third kappa shape index (κ3) is 5.31. The van der Waals surface area contributed by atoms with Gasteiger partial charge in [0.25, 0.3) is 5.91 Å². The van der Waals surface area contributed by atoms with Crippen LogP contribution in [0, 0.1) is 5.82 Å². The number of ether oxygens (including phenoxy) is 1. The fraction of sp³-hybridized carbons (Fsp3) is 0.211. The minimum Gasteiger partial charge on any atom is -0.406 e. The molecular formula is C19H16F4N4O2. The molecule has 29 heavy (non-hydrogen) atoms. The predicted molar refractivity (Wildman–Crippen MR) is 97.6 cm³/mol. The number of aliphatic imine (C=N–C) groups is 1. The van der Waals surface area contributed by atoms with Crippen LogP contribution in [0.1, 0.15) is 18.4 Å². The molecule has 3 rings (SSSR count). The zero-order valence-electron chi connectivity index (χ0n) is 14.9. The van der Waals surface area contributed by atoms with Crippen LogP contribution < -0.4 is 15.8 Å². The molecule has 3 N–H and O–H groups in total. The molecule has 1 fully saturated rings. The lowest BCUT2D eigenvalue weighted by Crippen LogP contribution is -2.23. The van der Waals surface area contributed by atoms with Crippen LogP contribution in [0.2, 0.25) is 0 Å². The standard InChI is InChI=1S/C19H16F4N4O2/c20-13-9-14(11-25-10-13)26-7-4-16(24)27-17(28)18(5-6-18)12-2-1-3-15(8-12)29-19(21,22)23/h1-4,7-11,26H,5-6H2,(H2,24,27,28)/b7-4-. The number of nitrogens with zero attached hydrogens (tertiary/aromatic N) is 2. The van der Waals surface area contributed by atoms with Gasteiger partial charge in [-0.15, -0.1) is 13.2 Å². The first-order chi connectivity index (χ1) is 13.7. The quantitative estimate of drug-likeness (QED) is 0.433. The van der Waals surface area contributed by atoms with E-state index < -0.39 is 29.3 Å². The van der Waals surface area contributed by atoms with Crippen LogP contribution in [0.4, 0.5) is 23.2 Å². The average molecular weight is 408 g/mol. The first-order valence-electron chi connectivity index (χ1n) is 8.46. The van der Waals surface area contributed by atoms with Gasteiger partial charge >= 0.3 is 6.36 Å². The Morgan fingerprint density at radius 1 is 1.28 bits per heavy atom. The van der Waals surface area contributed by atoms with Crippen LogP contribution in [0.15, 0.2) is 60.0 Å². The summed E-state index contributed by atoms with van der Waals surface area (Å²) in [6.45, 7) is 0. The van der Waals surface area contributed by atoms with Gasteiger partial charge in [-0.3, -0.25) is 9.78 Å². The van der Waals surface area contributed by atoms with E-state index in [9.17, 15) is 22.4 Å². The Morgan fingerprint density at radius 2 is 2.03 bits per heavy atom. The molecule has 6 nitrogen and oxygen atoms in total. The first-order valence-corrected chi connectivity index (χ1v) is 8.46. The third-order valence-electron chi connectivity index (χ3n) is 4.22. The highest BCUT2D eigenvalue weighted by molar-refractivity contribution is 6.04. The van der Waals surface area contributed by atoms with Crippen LogP contribution in [-0.2, 0) is 10.2 Å². The molecule has 1 aliphatic rings. The van der Waals surface area contributed by atoms with Crippen LogP contribution in [0.3, 0.4) is 0 Å². The van der Waals surface area contributed by atoms with Gasteiger partial charge in [0.05, 0.1) is 23.5 Å². The number of carbonyl (C=O) groups is 1. The minimum atomic E-state index is -4.82. The highest BCUT2D eigenvalue weighted by atomic mass is 19.4. The van der Waals surface area contributed by atoms with Crippen molar-refractivity contribution in [1.82, 2.24) is 4.98 Å². The summed E-state index contributed by atoms with van der Waals surface area (Å²) in [4.78, 5) is 20.1. The Labute approximate surface area is 163 Å². The third-order valence-corrected chi connectivity index (χ3v) is 4.22. The lowest BCUT2D eigenvalue weighted by atomic mass is 9.95. The van der Waals surface area contributed by atoms with E-state index in [0.29, 0.717) is 24.1 Å². The molecule has 1 saturated carbocycles. The molecule has 0 aliphatic heterocycles. The fourth-order valence-corrected chi connectivity index (χ4v) is 2.72. The SMILES string of the molecule is NC(/C=C\Nc1cncc(F)c1)=NC(=O)C1(c2cccc(OC(F)(F)F)c2)CC1. The van der Waals surface area contributed by atoms with Crippen LogP contribution in [0.25, 0.3) is 0 Å². The van der Waals surface area contributed by atoms with Gasteiger partial charge < -0.3 is 15.8 Å². The van der Waals surface area contributed by atoms with Gasteiger partial charge in [-0.05, 0) is 36.6 Å². The molecule has 1 heterocycles. The number of hydrogen-bond donors (Lipinski definition) is 2. The Hall–Kier alpha value is -3.43. The average Bonchev–Trinajstić information content (AvgIpc) is 3.42. The van der Waals surface area contributed by atoms with E-state index in [1.165, 1.54) is 36.7 Å². The number of benzene rings is 1. The van der Waals surface area contributed by atoms with E-state index in [1.54, 1.807) is 6.07 Å². The van der Waals surface area contributed by atoms with Crippen molar-refractivity contribution in [3.8, 4) is 5.75 Å². The number of rotatable bonds is 6. The van der Waals surface area contributed by atoms with Crippen molar-refractivity contribution in [2.75, 3.05) is 5.32 Å². The van der Waals surface area contributed by atoms with Crippen molar-refractivity contribution in [1.29, 1.82) is 0 Å². The van der Waals surface area contributed by atoms with Gasteiger partial charge in [-0.25, -0.2) is 4.39 Å². The van der Waals surface area contributed by atoms with Crippen molar-refractivity contribution in [2.45, 2.75) is 24.6 Å². The molecule has 0 unspecified atom stereocenters. The summed E-state index contributed by atoms with van der Waals surface area (Å²) in [6.07, 6.45) is 1.16. The number of amidine groups is 1. The Morgan fingerprint density at radius 3 is 2.69 bits per heavy atom. The molecule has 1 amide bonds. The van der Waals surface area contributed by atoms with Crippen LogP contribution in [0.5, 0.6) is 5.75 Å². The zero-order chi connectivity index (χ0) is 21.1. The molecule has 1 aromatic carbocycles. The number of halogens is 4. The smallest absolute Gasteiger partial charge is 0.406 e. The molecule has 0 bridgehead atoms. The Bertz CT molecular complexity index is 969. The number of aromatic nitrogens is 1. The van der Waals surface area contributed by atoms with Crippen molar-refractivity contribution >= 4 is 17.4 Å². The second kappa shape index (κ2) is 7.90. The summed E-state index contributed by atoms with van der Waals surface area (Å²) in [6, 6.07) is 6.48. The number of hydrogen-bond acceptors (Lipinski definition) is 4. The van der Waals surface area contributed by atoms with E-state index in [0.717, 1.165) is 12.3 Å². The molecule has 1 aliphatic carbocycles. The van der Waals surface area contributed by atoms with Crippen molar-refractivity contribution in [3.63, 3.8) is 0 Å². The number of alkyl halides is 3. The summed E-state index contributed by atoms with van der Waals surface area (Å²) in [5.74, 6) is -1.59. The number of amides is 1. The van der Waals surface area contributed by atoms with Gasteiger partial charge in [0.15, 0.2) is 0 Å². The van der Waals surface area contributed by atoms with Crippen LogP contribution in [-0.4, -0.2) is 23.1 Å². The van der Waals surface area contributed by atoms with E-state index in [2.05, 4.69) is 20.0 Å². The van der Waals surface area contributed by atoms with E-state index in [1.807, 2.05) is 0 Å². The Balaban J connectivity index is 1.69. The molecule has 2 aromatic rings. The molecule has 1 aromatic heterocycles. The number of carbonyl (C=O) groups excluding carboxylic acids is 1. The van der Waals surface area contributed by atoms with E-state index >= 15 is 0 Å². The van der Waals surface area contributed by atoms with Gasteiger partial charge in [-0.2, -0.15) is 4.99 Å². The van der Waals surface area contributed by atoms with Gasteiger partial charge in [-0.1, -0.05) is 12.1 Å². The van der Waals surface area contributed by atoms with E-state index in [-0.39, 0.29) is 5.84 Å². The van der Waals surface area contributed by atoms with Crippen molar-refractivity contribution in [2.24, 2.45) is 10.7 Å². The predicted octanol–water partition coefficient (Wildman–Crippen LogP) is 3.66. The summed E-state index contributed by atoms with van der Waals surface area (Å²) in [5, 5.41) is 2.73. The van der Waals surface area contributed by atoms with Crippen molar-refractivity contribution < 1.29 is 27.1 Å². The lowest BCUT2D eigenvalue weighted by Gasteiger charge is -2.14. The van der Waals surface area contributed by atoms with Crippen LogP contribution >= 0.6 is 0 Å². The molecule has 10 heteroatoms. The summed E-state index contributed by atoms with van der Waals surface area (Å²) in [7, 11) is 0. The monoisotopic (exact) mass is 408 g/mol.